The van der Waals surface area contributed by atoms with Crippen molar-refractivity contribution in [3.8, 4) is 11.7 Å². The molecule has 1 N–H and O–H groups in total. The monoisotopic (exact) mass is 272 g/mol. The molecule has 1 heterocycles. The number of nitrogens with zero attached hydrogens (tertiary/aromatic N) is 3. The maximum absolute atomic E-state index is 5.92. The summed E-state index contributed by atoms with van der Waals surface area (Å²) in [5, 5.41) is 7.69. The van der Waals surface area contributed by atoms with Gasteiger partial charge in [0.15, 0.2) is 0 Å². The highest BCUT2D eigenvalue weighted by molar-refractivity contribution is 5.29. The quantitative estimate of drug-likeness (QED) is 0.925. The first-order chi connectivity index (χ1) is 9.61. The van der Waals surface area contributed by atoms with Crippen molar-refractivity contribution in [2.24, 2.45) is 5.41 Å². The van der Waals surface area contributed by atoms with Gasteiger partial charge < -0.3 is 10.1 Å². The molecule has 1 aliphatic rings. The van der Waals surface area contributed by atoms with Gasteiger partial charge in [0.05, 0.1) is 5.69 Å². The zero-order chi connectivity index (χ0) is 14.2. The lowest BCUT2D eigenvalue weighted by Crippen LogP contribution is -2.61. The van der Waals surface area contributed by atoms with Crippen LogP contribution in [0.4, 0.5) is 0 Å². The molecule has 2 atom stereocenters. The van der Waals surface area contributed by atoms with E-state index < -0.39 is 0 Å². The van der Waals surface area contributed by atoms with Gasteiger partial charge in [-0.1, -0.05) is 32.0 Å². The fourth-order valence-corrected chi connectivity index (χ4v) is 2.71. The number of nitrogens with one attached hydrogen (secondary N) is 1. The van der Waals surface area contributed by atoms with Gasteiger partial charge in [0.25, 0.3) is 0 Å². The normalized spacial score (nSPS) is 24.1. The van der Waals surface area contributed by atoms with Crippen molar-refractivity contribution in [3.63, 3.8) is 0 Å². The summed E-state index contributed by atoms with van der Waals surface area (Å²) in [5.74, 6) is 0. The van der Waals surface area contributed by atoms with E-state index in [0.29, 0.717) is 12.1 Å². The van der Waals surface area contributed by atoms with Gasteiger partial charge in [0.2, 0.25) is 0 Å². The highest BCUT2D eigenvalue weighted by Crippen LogP contribution is 2.42. The standard InChI is InChI=1S/C15H20N4O/c1-15(2)12(16-3)9-13(15)20-14-17-10-19(18-14)11-7-5-4-6-8-11/h4-8,10,12-13,16H,9H2,1-3H3. The van der Waals surface area contributed by atoms with Crippen LogP contribution >= 0.6 is 0 Å². The molecule has 0 aliphatic heterocycles. The topological polar surface area (TPSA) is 52.0 Å². The Labute approximate surface area is 119 Å². The van der Waals surface area contributed by atoms with Crippen molar-refractivity contribution in [1.82, 2.24) is 20.1 Å². The molecule has 106 valence electrons. The summed E-state index contributed by atoms with van der Waals surface area (Å²) in [7, 11) is 1.99. The van der Waals surface area contributed by atoms with E-state index in [1.165, 1.54) is 0 Å². The first-order valence-corrected chi connectivity index (χ1v) is 6.92. The van der Waals surface area contributed by atoms with Crippen molar-refractivity contribution in [1.29, 1.82) is 0 Å². The fraction of sp³-hybridized carbons (Fsp3) is 0.467. The molecule has 1 aromatic heterocycles. The third-order valence-corrected chi connectivity index (χ3v) is 4.27. The Morgan fingerprint density at radius 1 is 1.30 bits per heavy atom. The molecule has 0 saturated heterocycles. The molecule has 1 fully saturated rings. The third-order valence-electron chi connectivity index (χ3n) is 4.27. The molecule has 0 spiro atoms. The molecule has 2 unspecified atom stereocenters. The van der Waals surface area contributed by atoms with Crippen LogP contribution in [0.5, 0.6) is 6.01 Å². The van der Waals surface area contributed by atoms with Crippen LogP contribution in [-0.2, 0) is 0 Å². The van der Waals surface area contributed by atoms with Gasteiger partial charge >= 0.3 is 6.01 Å². The zero-order valence-corrected chi connectivity index (χ0v) is 12.1. The summed E-state index contributed by atoms with van der Waals surface area (Å²) in [6.45, 7) is 4.41. The Balaban J connectivity index is 1.70. The van der Waals surface area contributed by atoms with E-state index in [1.807, 2.05) is 37.4 Å². The molecule has 1 aliphatic carbocycles. The van der Waals surface area contributed by atoms with Crippen molar-refractivity contribution in [3.05, 3.63) is 36.7 Å². The van der Waals surface area contributed by atoms with E-state index in [2.05, 4.69) is 29.2 Å². The average molecular weight is 272 g/mol. The lowest BCUT2D eigenvalue weighted by atomic mass is 9.64. The Morgan fingerprint density at radius 2 is 2.05 bits per heavy atom. The maximum atomic E-state index is 5.92. The Hall–Kier alpha value is -1.88. The number of hydrogen-bond donors (Lipinski definition) is 1. The number of benzene rings is 1. The Kier molecular flexibility index (Phi) is 3.22. The van der Waals surface area contributed by atoms with Crippen LogP contribution in [0, 0.1) is 5.41 Å². The van der Waals surface area contributed by atoms with E-state index in [9.17, 15) is 0 Å². The van der Waals surface area contributed by atoms with Crippen LogP contribution in [0.25, 0.3) is 5.69 Å². The smallest absolute Gasteiger partial charge is 0.336 e. The van der Waals surface area contributed by atoms with Crippen molar-refractivity contribution in [2.45, 2.75) is 32.4 Å². The van der Waals surface area contributed by atoms with E-state index in [0.717, 1.165) is 12.1 Å². The van der Waals surface area contributed by atoms with Gasteiger partial charge in [0.1, 0.15) is 12.4 Å². The summed E-state index contributed by atoms with van der Waals surface area (Å²) >= 11 is 0. The summed E-state index contributed by atoms with van der Waals surface area (Å²) in [6.07, 6.45) is 2.83. The molecule has 3 rings (SSSR count). The van der Waals surface area contributed by atoms with Gasteiger partial charge in [0, 0.05) is 17.9 Å². The molecule has 5 nitrogen and oxygen atoms in total. The predicted molar refractivity (Wildman–Crippen MR) is 77.0 cm³/mol. The van der Waals surface area contributed by atoms with E-state index >= 15 is 0 Å². The van der Waals surface area contributed by atoms with Gasteiger partial charge in [-0.05, 0) is 19.2 Å². The van der Waals surface area contributed by atoms with Gasteiger partial charge in [-0.2, -0.15) is 4.98 Å². The zero-order valence-electron chi connectivity index (χ0n) is 12.1. The molecule has 1 saturated carbocycles. The Morgan fingerprint density at radius 3 is 2.70 bits per heavy atom. The minimum atomic E-state index is 0.104. The number of para-hydroxylation sites is 1. The summed E-state index contributed by atoms with van der Waals surface area (Å²) < 4.78 is 7.65. The number of aromatic nitrogens is 3. The number of rotatable bonds is 4. The second-order valence-corrected chi connectivity index (χ2v) is 5.81. The lowest BCUT2D eigenvalue weighted by molar-refractivity contribution is -0.0567. The molecular weight excluding hydrogens is 252 g/mol. The van der Waals surface area contributed by atoms with Crippen molar-refractivity contribution < 1.29 is 4.74 Å². The number of ether oxygens (including phenoxy) is 1. The molecular formula is C15H20N4O. The minimum Gasteiger partial charge on any atom is -0.458 e. The third kappa shape index (κ3) is 2.18. The first kappa shape index (κ1) is 13.1. The van der Waals surface area contributed by atoms with E-state index in [-0.39, 0.29) is 11.5 Å². The Bertz CT molecular complexity index is 579. The maximum Gasteiger partial charge on any atom is 0.336 e. The molecule has 0 bridgehead atoms. The van der Waals surface area contributed by atoms with Crippen molar-refractivity contribution in [2.75, 3.05) is 7.05 Å². The highest BCUT2D eigenvalue weighted by atomic mass is 16.5. The van der Waals surface area contributed by atoms with E-state index in [1.54, 1.807) is 11.0 Å². The summed E-state index contributed by atoms with van der Waals surface area (Å²) in [5.41, 5.74) is 1.09. The average Bonchev–Trinajstić information content (AvgIpc) is 2.92. The number of hydrogen-bond acceptors (Lipinski definition) is 4. The lowest BCUT2D eigenvalue weighted by Gasteiger charge is -2.50. The molecule has 0 amide bonds. The molecule has 0 radical (unpaired) electrons. The van der Waals surface area contributed by atoms with Crippen LogP contribution in [0.3, 0.4) is 0 Å². The molecule has 2 aromatic rings. The fourth-order valence-electron chi connectivity index (χ4n) is 2.71. The second kappa shape index (κ2) is 4.90. The van der Waals surface area contributed by atoms with Crippen LogP contribution in [0.15, 0.2) is 36.7 Å². The summed E-state index contributed by atoms with van der Waals surface area (Å²) in [6, 6.07) is 10.8. The molecule has 5 heteroatoms. The highest BCUT2D eigenvalue weighted by Gasteiger charge is 2.49. The van der Waals surface area contributed by atoms with Crippen LogP contribution in [0.2, 0.25) is 0 Å². The van der Waals surface area contributed by atoms with Crippen molar-refractivity contribution >= 4 is 0 Å². The summed E-state index contributed by atoms with van der Waals surface area (Å²) in [4.78, 5) is 4.24. The predicted octanol–water partition coefficient (Wildman–Crippen LogP) is 2.03. The largest absolute Gasteiger partial charge is 0.458 e. The van der Waals surface area contributed by atoms with Crippen LogP contribution < -0.4 is 10.1 Å². The van der Waals surface area contributed by atoms with Gasteiger partial charge in [-0.15, -0.1) is 5.10 Å². The van der Waals surface area contributed by atoms with Crippen LogP contribution in [-0.4, -0.2) is 34.0 Å². The molecule has 20 heavy (non-hydrogen) atoms. The minimum absolute atomic E-state index is 0.104. The van der Waals surface area contributed by atoms with E-state index in [4.69, 9.17) is 4.74 Å². The molecule has 1 aromatic carbocycles. The first-order valence-electron chi connectivity index (χ1n) is 6.92. The van der Waals surface area contributed by atoms with Crippen LogP contribution in [0.1, 0.15) is 20.3 Å². The van der Waals surface area contributed by atoms with Gasteiger partial charge in [-0.3, -0.25) is 0 Å². The second-order valence-electron chi connectivity index (χ2n) is 5.81. The van der Waals surface area contributed by atoms with Gasteiger partial charge in [-0.25, -0.2) is 4.68 Å². The SMILES string of the molecule is CNC1CC(Oc2ncn(-c3ccccc3)n2)C1(C)C.